The number of ether oxygens (including phenoxy) is 1. The molecule has 1 atom stereocenters. The van der Waals surface area contributed by atoms with Crippen LogP contribution < -0.4 is 26.4 Å². The van der Waals surface area contributed by atoms with E-state index in [4.69, 9.17) is 10.5 Å². The Kier molecular flexibility index (Phi) is 19.6. The van der Waals surface area contributed by atoms with Gasteiger partial charge in [-0.2, -0.15) is 0 Å². The molecule has 1 aliphatic carbocycles. The molecule has 0 heterocycles. The smallest absolute Gasteiger partial charge is 0.220 e. The van der Waals surface area contributed by atoms with Gasteiger partial charge in [-0.25, -0.2) is 4.39 Å². The second-order valence-electron chi connectivity index (χ2n) is 11.0. The topological polar surface area (TPSA) is 123 Å². The van der Waals surface area contributed by atoms with Gasteiger partial charge < -0.3 is 31.2 Å². The van der Waals surface area contributed by atoms with E-state index in [2.05, 4.69) is 47.1 Å². The van der Waals surface area contributed by atoms with Crippen LogP contribution in [-0.2, 0) is 26.3 Å². The highest BCUT2D eigenvalue weighted by Crippen LogP contribution is 2.45. The van der Waals surface area contributed by atoms with Crippen LogP contribution in [0.4, 0.5) is 4.39 Å². The van der Waals surface area contributed by atoms with E-state index in [0.29, 0.717) is 37.0 Å². The first kappa shape index (κ1) is 38.7. The number of hydrogen-bond donors (Lipinski definition) is 4. The zero-order chi connectivity index (χ0) is 32.8. The summed E-state index contributed by atoms with van der Waals surface area (Å²) >= 11 is 0. The summed E-state index contributed by atoms with van der Waals surface area (Å²) in [5.74, 6) is -0.566. The number of nitrogens with two attached hydrogens (primary N) is 1. The highest BCUT2D eigenvalue weighted by molar-refractivity contribution is 5.80. The molecule has 1 unspecified atom stereocenters. The minimum absolute atomic E-state index is 0.0561. The Balaban J connectivity index is 0.000000441. The number of aldehydes is 1. The molecule has 1 saturated carbocycles. The van der Waals surface area contributed by atoms with Crippen LogP contribution in [0, 0.1) is 12.7 Å². The lowest BCUT2D eigenvalue weighted by molar-refractivity contribution is -0.125. The SMILES string of the molecule is CC.CCc1cccc(C2(NCCCNC)CC2)c1.Cc1cc(F)cc(OCCCCCC(=O)NC(C=O)CCC(N)=O)c1. The Hall–Kier alpha value is -3.30. The van der Waals surface area contributed by atoms with Crippen molar-refractivity contribution in [2.45, 2.75) is 103 Å². The summed E-state index contributed by atoms with van der Waals surface area (Å²) in [5.41, 5.74) is 9.05. The maximum absolute atomic E-state index is 13.2. The third-order valence-corrected chi connectivity index (χ3v) is 7.25. The minimum Gasteiger partial charge on any atom is -0.493 e. The number of carbonyl (C=O) groups is 3. The van der Waals surface area contributed by atoms with Crippen molar-refractivity contribution in [2.75, 3.05) is 26.7 Å². The van der Waals surface area contributed by atoms with Crippen molar-refractivity contribution in [1.82, 2.24) is 16.0 Å². The fourth-order valence-electron chi connectivity index (χ4n) is 4.67. The van der Waals surface area contributed by atoms with Gasteiger partial charge >= 0.3 is 0 Å². The van der Waals surface area contributed by atoms with E-state index < -0.39 is 11.9 Å². The van der Waals surface area contributed by atoms with E-state index in [1.54, 1.807) is 13.0 Å². The van der Waals surface area contributed by atoms with E-state index >= 15 is 0 Å². The number of unbranched alkanes of at least 4 members (excludes halogenated alkanes) is 2. The van der Waals surface area contributed by atoms with Crippen molar-refractivity contribution in [3.8, 4) is 5.75 Å². The number of nitrogens with one attached hydrogen (secondary N) is 3. The predicted molar refractivity (Wildman–Crippen MR) is 176 cm³/mol. The second-order valence-corrected chi connectivity index (χ2v) is 11.0. The number of benzene rings is 2. The maximum atomic E-state index is 13.2. The summed E-state index contributed by atoms with van der Waals surface area (Å²) in [6, 6.07) is 12.9. The third kappa shape index (κ3) is 16.0. The second kappa shape index (κ2) is 22.2. The van der Waals surface area contributed by atoms with Crippen LogP contribution in [0.3, 0.4) is 0 Å². The van der Waals surface area contributed by atoms with Gasteiger partial charge in [-0.3, -0.25) is 9.59 Å². The number of primary amides is 1. The van der Waals surface area contributed by atoms with Gasteiger partial charge in [0.25, 0.3) is 0 Å². The van der Waals surface area contributed by atoms with E-state index in [1.165, 1.54) is 42.5 Å². The zero-order valence-electron chi connectivity index (χ0n) is 27.5. The number of carbonyl (C=O) groups excluding carboxylic acids is 3. The predicted octanol–water partition coefficient (Wildman–Crippen LogP) is 5.49. The van der Waals surface area contributed by atoms with Crippen molar-refractivity contribution >= 4 is 18.1 Å². The van der Waals surface area contributed by atoms with Gasteiger partial charge in [0.2, 0.25) is 11.8 Å². The summed E-state index contributed by atoms with van der Waals surface area (Å²) in [6.07, 6.45) is 8.24. The molecule has 1 aliphatic rings. The lowest BCUT2D eigenvalue weighted by atomic mass is 10.0. The fraction of sp³-hybridized carbons (Fsp3) is 0.571. The van der Waals surface area contributed by atoms with E-state index in [0.717, 1.165) is 37.9 Å². The van der Waals surface area contributed by atoms with E-state index in [-0.39, 0.29) is 24.6 Å². The number of amides is 2. The summed E-state index contributed by atoms with van der Waals surface area (Å²) in [6.45, 7) is 10.7. The van der Waals surface area contributed by atoms with Gasteiger partial charge in [-0.05, 0) is 107 Å². The van der Waals surface area contributed by atoms with Crippen LogP contribution in [-0.4, -0.2) is 50.9 Å². The Morgan fingerprint density at radius 2 is 1.80 bits per heavy atom. The zero-order valence-corrected chi connectivity index (χ0v) is 27.5. The Morgan fingerprint density at radius 3 is 2.41 bits per heavy atom. The van der Waals surface area contributed by atoms with Gasteiger partial charge in [-0.15, -0.1) is 0 Å². The third-order valence-electron chi connectivity index (χ3n) is 7.25. The quantitative estimate of drug-likeness (QED) is 0.123. The number of halogens is 1. The Labute approximate surface area is 264 Å². The van der Waals surface area contributed by atoms with Crippen LogP contribution in [0.2, 0.25) is 0 Å². The summed E-state index contributed by atoms with van der Waals surface area (Å²) in [4.78, 5) is 33.2. The first-order valence-electron chi connectivity index (χ1n) is 16.1. The number of rotatable bonds is 19. The highest BCUT2D eigenvalue weighted by atomic mass is 19.1. The van der Waals surface area contributed by atoms with Crippen molar-refractivity contribution in [1.29, 1.82) is 0 Å². The van der Waals surface area contributed by atoms with Gasteiger partial charge in [0.15, 0.2) is 0 Å². The molecule has 9 heteroatoms. The van der Waals surface area contributed by atoms with Crippen molar-refractivity contribution in [2.24, 2.45) is 5.73 Å². The van der Waals surface area contributed by atoms with Crippen molar-refractivity contribution in [3.05, 3.63) is 65.0 Å². The molecule has 0 saturated heterocycles. The first-order valence-corrected chi connectivity index (χ1v) is 16.1. The van der Waals surface area contributed by atoms with Crippen molar-refractivity contribution in [3.63, 3.8) is 0 Å². The molecule has 0 aromatic heterocycles. The molecule has 5 N–H and O–H groups in total. The number of hydrogen-bond acceptors (Lipinski definition) is 6. The lowest BCUT2D eigenvalue weighted by Gasteiger charge is -2.18. The van der Waals surface area contributed by atoms with Crippen LogP contribution in [0.15, 0.2) is 42.5 Å². The average molecular weight is 615 g/mol. The van der Waals surface area contributed by atoms with E-state index in [9.17, 15) is 18.8 Å². The molecule has 2 aromatic carbocycles. The van der Waals surface area contributed by atoms with Crippen LogP contribution in [0.5, 0.6) is 5.75 Å². The molecule has 3 rings (SSSR count). The van der Waals surface area contributed by atoms with Crippen LogP contribution in [0.25, 0.3) is 0 Å². The van der Waals surface area contributed by atoms with Crippen molar-refractivity contribution < 1.29 is 23.5 Å². The highest BCUT2D eigenvalue weighted by Gasteiger charge is 2.43. The monoisotopic (exact) mass is 614 g/mol. The Bertz CT molecular complexity index is 1100. The summed E-state index contributed by atoms with van der Waals surface area (Å²) in [7, 11) is 2.01. The molecule has 8 nitrogen and oxygen atoms in total. The van der Waals surface area contributed by atoms with Crippen LogP contribution >= 0.6 is 0 Å². The van der Waals surface area contributed by atoms with Gasteiger partial charge in [0.05, 0.1) is 12.6 Å². The minimum atomic E-state index is -0.681. The summed E-state index contributed by atoms with van der Waals surface area (Å²) < 4.78 is 18.7. The molecular weight excluding hydrogens is 559 g/mol. The van der Waals surface area contributed by atoms with Gasteiger partial charge in [0.1, 0.15) is 17.9 Å². The normalized spacial score (nSPS) is 13.3. The van der Waals surface area contributed by atoms with Crippen LogP contribution in [0.1, 0.15) is 95.2 Å². The fourth-order valence-corrected chi connectivity index (χ4v) is 4.67. The molecule has 0 radical (unpaired) electrons. The molecule has 0 aliphatic heterocycles. The van der Waals surface area contributed by atoms with Gasteiger partial charge in [0, 0.05) is 24.4 Å². The molecule has 2 aromatic rings. The molecule has 246 valence electrons. The maximum Gasteiger partial charge on any atom is 0.220 e. The molecule has 44 heavy (non-hydrogen) atoms. The average Bonchev–Trinajstić information content (AvgIpc) is 3.81. The molecular formula is C35H55FN4O4. The summed E-state index contributed by atoms with van der Waals surface area (Å²) in [5, 5.41) is 9.49. The van der Waals surface area contributed by atoms with Gasteiger partial charge in [-0.1, -0.05) is 45.0 Å². The lowest BCUT2D eigenvalue weighted by Crippen LogP contribution is -2.36. The molecule has 0 spiro atoms. The first-order chi connectivity index (χ1) is 21.2. The molecule has 1 fully saturated rings. The largest absolute Gasteiger partial charge is 0.493 e. The molecule has 0 bridgehead atoms. The standard InChI is InChI=1S/C18H25FN2O4.C15H24N2.C2H6/c1-13-9-14(19)11-16(10-13)25-8-4-2-3-5-18(24)21-15(12-22)6-7-17(20)23;1-3-13-6-4-7-14(12-13)15(8-9-15)17-11-5-10-16-2;1-2/h9-12,15H,2-8H2,1H3,(H2,20,23)(H,21,24);4,6-7,12,16-17H,3,5,8-11H2,1-2H3;1-2H3. The number of aryl methyl sites for hydroxylation is 2. The van der Waals surface area contributed by atoms with E-state index in [1.807, 2.05) is 20.9 Å². The Morgan fingerprint density at radius 1 is 1.05 bits per heavy atom. The molecule has 2 amide bonds.